The predicted octanol–water partition coefficient (Wildman–Crippen LogP) is 7.17. The van der Waals surface area contributed by atoms with E-state index < -0.39 is 0 Å². The Morgan fingerprint density at radius 3 is 1.50 bits per heavy atom. The standard InChI is InChI=1S/C24H20N2O2S2/c1-15-3-9-21-19(11-15)25-23(27-21)29-13-17-5-7-18(8-6-17)14-30-24-26-20-12-16(2)4-10-22(20)28-24/h3-12H,13-14H2,1-2H3. The van der Waals surface area contributed by atoms with Gasteiger partial charge in [-0.2, -0.15) is 0 Å². The zero-order valence-corrected chi connectivity index (χ0v) is 18.3. The molecule has 150 valence electrons. The van der Waals surface area contributed by atoms with Gasteiger partial charge in [-0.05, 0) is 60.4 Å². The van der Waals surface area contributed by atoms with Crippen LogP contribution in [0.25, 0.3) is 22.2 Å². The lowest BCUT2D eigenvalue weighted by molar-refractivity contribution is 0.489. The van der Waals surface area contributed by atoms with Gasteiger partial charge >= 0.3 is 0 Å². The average molecular weight is 433 g/mol. The molecular weight excluding hydrogens is 412 g/mol. The smallest absolute Gasteiger partial charge is 0.257 e. The second kappa shape index (κ2) is 8.20. The van der Waals surface area contributed by atoms with Crippen molar-refractivity contribution in [2.45, 2.75) is 35.8 Å². The molecule has 0 aliphatic carbocycles. The zero-order chi connectivity index (χ0) is 20.5. The molecular formula is C24H20N2O2S2. The van der Waals surface area contributed by atoms with E-state index in [-0.39, 0.29) is 0 Å². The van der Waals surface area contributed by atoms with E-state index >= 15 is 0 Å². The van der Waals surface area contributed by atoms with E-state index in [9.17, 15) is 0 Å². The van der Waals surface area contributed by atoms with Gasteiger partial charge in [-0.15, -0.1) is 0 Å². The van der Waals surface area contributed by atoms with E-state index in [0.717, 1.165) is 33.7 Å². The number of aryl methyl sites for hydroxylation is 2. The van der Waals surface area contributed by atoms with Crippen LogP contribution in [0, 0.1) is 13.8 Å². The van der Waals surface area contributed by atoms with Gasteiger partial charge in [-0.25, -0.2) is 9.97 Å². The molecule has 0 bridgehead atoms. The largest absolute Gasteiger partial charge is 0.431 e. The summed E-state index contributed by atoms with van der Waals surface area (Å²) in [6.45, 7) is 4.12. The zero-order valence-electron chi connectivity index (χ0n) is 16.7. The number of oxazole rings is 2. The van der Waals surface area contributed by atoms with Gasteiger partial charge in [-0.1, -0.05) is 59.9 Å². The van der Waals surface area contributed by atoms with Gasteiger partial charge in [0.15, 0.2) is 11.2 Å². The highest BCUT2D eigenvalue weighted by Gasteiger charge is 2.09. The van der Waals surface area contributed by atoms with Crippen molar-refractivity contribution >= 4 is 45.7 Å². The van der Waals surface area contributed by atoms with Gasteiger partial charge in [0, 0.05) is 11.5 Å². The molecule has 0 radical (unpaired) electrons. The molecule has 5 aromatic rings. The van der Waals surface area contributed by atoms with E-state index in [1.54, 1.807) is 23.5 Å². The van der Waals surface area contributed by atoms with Crippen LogP contribution >= 0.6 is 23.5 Å². The second-order valence-corrected chi connectivity index (χ2v) is 9.15. The third kappa shape index (κ3) is 4.25. The molecule has 0 amide bonds. The first-order valence-corrected chi connectivity index (χ1v) is 11.7. The van der Waals surface area contributed by atoms with Gasteiger partial charge < -0.3 is 8.83 Å². The lowest BCUT2D eigenvalue weighted by atomic mass is 10.2. The summed E-state index contributed by atoms with van der Waals surface area (Å²) in [6.07, 6.45) is 0. The summed E-state index contributed by atoms with van der Waals surface area (Å²) in [5, 5.41) is 1.42. The summed E-state index contributed by atoms with van der Waals surface area (Å²) in [5.41, 5.74) is 8.37. The van der Waals surface area contributed by atoms with Crippen LogP contribution in [-0.4, -0.2) is 9.97 Å². The first kappa shape index (κ1) is 19.3. The Morgan fingerprint density at radius 2 is 1.07 bits per heavy atom. The molecule has 0 unspecified atom stereocenters. The van der Waals surface area contributed by atoms with Crippen molar-refractivity contribution in [3.63, 3.8) is 0 Å². The number of hydrogen-bond acceptors (Lipinski definition) is 6. The molecule has 0 saturated heterocycles. The maximum Gasteiger partial charge on any atom is 0.257 e. The SMILES string of the molecule is Cc1ccc2oc(SCc3ccc(CSc4nc5cc(C)ccc5o4)cc3)nc2c1. The fraction of sp³-hybridized carbons (Fsp3) is 0.167. The third-order valence-corrected chi connectivity index (χ3v) is 6.59. The van der Waals surface area contributed by atoms with Crippen molar-refractivity contribution in [1.82, 2.24) is 9.97 Å². The number of hydrogen-bond donors (Lipinski definition) is 0. The van der Waals surface area contributed by atoms with E-state index in [1.165, 1.54) is 22.3 Å². The molecule has 0 aliphatic heterocycles. The Morgan fingerprint density at radius 1 is 0.633 bits per heavy atom. The van der Waals surface area contributed by atoms with Crippen LogP contribution in [0.3, 0.4) is 0 Å². The van der Waals surface area contributed by atoms with Crippen LogP contribution in [0.4, 0.5) is 0 Å². The third-order valence-electron chi connectivity index (χ3n) is 4.79. The molecule has 0 N–H and O–H groups in total. The highest BCUT2D eigenvalue weighted by molar-refractivity contribution is 7.98. The highest BCUT2D eigenvalue weighted by Crippen LogP contribution is 2.29. The number of rotatable bonds is 6. The molecule has 0 atom stereocenters. The number of aromatic nitrogens is 2. The van der Waals surface area contributed by atoms with Crippen LogP contribution in [0.15, 0.2) is 79.9 Å². The molecule has 6 heteroatoms. The summed E-state index contributed by atoms with van der Waals surface area (Å²) < 4.78 is 11.6. The summed E-state index contributed by atoms with van der Waals surface area (Å²) in [6, 6.07) is 20.8. The summed E-state index contributed by atoms with van der Waals surface area (Å²) >= 11 is 3.23. The molecule has 2 aromatic heterocycles. The van der Waals surface area contributed by atoms with Gasteiger partial charge in [0.05, 0.1) is 0 Å². The minimum atomic E-state index is 0.710. The molecule has 5 rings (SSSR count). The van der Waals surface area contributed by atoms with Crippen molar-refractivity contribution < 1.29 is 8.83 Å². The molecule has 2 heterocycles. The number of benzene rings is 3. The maximum atomic E-state index is 5.82. The van der Waals surface area contributed by atoms with E-state index in [0.29, 0.717) is 10.4 Å². The van der Waals surface area contributed by atoms with Crippen LogP contribution < -0.4 is 0 Å². The summed E-state index contributed by atoms with van der Waals surface area (Å²) in [5.74, 6) is 1.65. The van der Waals surface area contributed by atoms with Crippen molar-refractivity contribution in [1.29, 1.82) is 0 Å². The quantitative estimate of drug-likeness (QED) is 0.265. The minimum absolute atomic E-state index is 0.710. The van der Waals surface area contributed by atoms with Crippen LogP contribution in [0.2, 0.25) is 0 Å². The molecule has 30 heavy (non-hydrogen) atoms. The fourth-order valence-corrected chi connectivity index (χ4v) is 4.77. The number of nitrogens with zero attached hydrogens (tertiary/aromatic N) is 2. The molecule has 0 aliphatic rings. The maximum absolute atomic E-state index is 5.82. The Bertz CT molecular complexity index is 1220. The predicted molar refractivity (Wildman–Crippen MR) is 123 cm³/mol. The van der Waals surface area contributed by atoms with Crippen LogP contribution in [-0.2, 0) is 11.5 Å². The van der Waals surface area contributed by atoms with Gasteiger partial charge in [0.1, 0.15) is 11.0 Å². The number of thioether (sulfide) groups is 2. The summed E-state index contributed by atoms with van der Waals surface area (Å²) in [4.78, 5) is 9.14. The Balaban J connectivity index is 1.19. The average Bonchev–Trinajstić information content (AvgIpc) is 3.34. The van der Waals surface area contributed by atoms with Crippen molar-refractivity contribution in [2.24, 2.45) is 0 Å². The second-order valence-electron chi connectivity index (χ2n) is 7.30. The Kier molecular flexibility index (Phi) is 5.27. The molecule has 3 aromatic carbocycles. The van der Waals surface area contributed by atoms with Crippen molar-refractivity contribution in [3.8, 4) is 0 Å². The van der Waals surface area contributed by atoms with Gasteiger partial charge in [0.25, 0.3) is 10.4 Å². The van der Waals surface area contributed by atoms with E-state index in [2.05, 4.69) is 48.1 Å². The molecule has 0 fully saturated rings. The highest BCUT2D eigenvalue weighted by atomic mass is 32.2. The Hall–Kier alpha value is -2.70. The fourth-order valence-electron chi connectivity index (χ4n) is 3.18. The van der Waals surface area contributed by atoms with Crippen molar-refractivity contribution in [3.05, 3.63) is 82.9 Å². The molecule has 0 saturated carbocycles. The minimum Gasteiger partial charge on any atom is -0.431 e. The monoisotopic (exact) mass is 432 g/mol. The first-order chi connectivity index (χ1) is 14.6. The van der Waals surface area contributed by atoms with E-state index in [4.69, 9.17) is 8.83 Å². The van der Waals surface area contributed by atoms with Gasteiger partial charge in [0.2, 0.25) is 0 Å². The van der Waals surface area contributed by atoms with Gasteiger partial charge in [-0.3, -0.25) is 0 Å². The van der Waals surface area contributed by atoms with E-state index in [1.807, 2.05) is 36.4 Å². The topological polar surface area (TPSA) is 52.1 Å². The Labute approximate surface area is 183 Å². The lowest BCUT2D eigenvalue weighted by Gasteiger charge is -2.02. The summed E-state index contributed by atoms with van der Waals surface area (Å²) in [7, 11) is 0. The van der Waals surface area contributed by atoms with Crippen LogP contribution in [0.5, 0.6) is 0 Å². The normalized spacial score (nSPS) is 11.5. The molecule has 0 spiro atoms. The van der Waals surface area contributed by atoms with Crippen molar-refractivity contribution in [2.75, 3.05) is 0 Å². The number of fused-ring (bicyclic) bond motifs is 2. The first-order valence-electron chi connectivity index (χ1n) is 9.70. The van der Waals surface area contributed by atoms with Crippen LogP contribution in [0.1, 0.15) is 22.3 Å². The molecule has 4 nitrogen and oxygen atoms in total. The lowest BCUT2D eigenvalue weighted by Crippen LogP contribution is -1.84.